The number of hydrogen-bond donors (Lipinski definition) is 3. The Morgan fingerprint density at radius 1 is 1.22 bits per heavy atom. The topological polar surface area (TPSA) is 114 Å². The Kier molecular flexibility index (Phi) is 6.95. The van der Waals surface area contributed by atoms with Crippen LogP contribution in [0.5, 0.6) is 0 Å². The number of nitrogens with one attached hydrogen (secondary N) is 2. The van der Waals surface area contributed by atoms with E-state index >= 15 is 0 Å². The van der Waals surface area contributed by atoms with E-state index in [1.54, 1.807) is 23.5 Å². The zero-order chi connectivity index (χ0) is 26.5. The van der Waals surface area contributed by atoms with Crippen molar-refractivity contribution in [3.8, 4) is 10.6 Å². The number of anilines is 2. The summed E-state index contributed by atoms with van der Waals surface area (Å²) in [6.07, 6.45) is 4.29. The van der Waals surface area contributed by atoms with Gasteiger partial charge in [0, 0.05) is 25.3 Å². The summed E-state index contributed by atoms with van der Waals surface area (Å²) in [5, 5.41) is 19.7. The van der Waals surface area contributed by atoms with E-state index in [2.05, 4.69) is 31.4 Å². The Morgan fingerprint density at radius 2 is 1.97 bits per heavy atom. The number of nitrogens with zero attached hydrogens (tertiary/aromatic N) is 4. The normalized spacial score (nSPS) is 26.3. The van der Waals surface area contributed by atoms with Crippen molar-refractivity contribution < 1.29 is 19.4 Å². The maximum Gasteiger partial charge on any atom is 0.224 e. The Hall–Kier alpha value is -2.31. The summed E-state index contributed by atoms with van der Waals surface area (Å²) in [7, 11) is 1.65. The van der Waals surface area contributed by atoms with Crippen LogP contribution >= 0.6 is 11.3 Å². The van der Waals surface area contributed by atoms with E-state index < -0.39 is 5.79 Å². The fourth-order valence-electron chi connectivity index (χ4n) is 5.13. The summed E-state index contributed by atoms with van der Waals surface area (Å²) in [6.45, 7) is 13.7. The number of ether oxygens (including phenoxy) is 2. The number of aromatic nitrogens is 3. The van der Waals surface area contributed by atoms with E-state index in [-0.39, 0.29) is 36.2 Å². The van der Waals surface area contributed by atoms with Gasteiger partial charge in [-0.3, -0.25) is 9.90 Å². The van der Waals surface area contributed by atoms with Gasteiger partial charge < -0.3 is 25.2 Å². The third kappa shape index (κ3) is 5.46. The highest BCUT2D eigenvalue weighted by atomic mass is 32.1. The van der Waals surface area contributed by atoms with Crippen LogP contribution in [0.1, 0.15) is 57.3 Å². The van der Waals surface area contributed by atoms with Crippen molar-refractivity contribution >= 4 is 29.2 Å². The molecule has 0 bridgehead atoms. The monoisotopic (exact) mass is 530 g/mol. The molecule has 4 atom stereocenters. The molecule has 2 aromatic heterocycles. The van der Waals surface area contributed by atoms with E-state index in [9.17, 15) is 5.11 Å². The van der Waals surface area contributed by atoms with Crippen LogP contribution in [-0.4, -0.2) is 69.4 Å². The van der Waals surface area contributed by atoms with Gasteiger partial charge in [0.25, 0.3) is 0 Å². The number of thiazole rings is 1. The summed E-state index contributed by atoms with van der Waals surface area (Å²) in [5.74, 6) is 0.577. The number of aliphatic hydroxyl groups excluding tert-OH is 1. The predicted octanol–water partition coefficient (Wildman–Crippen LogP) is 4.03. The fourth-order valence-corrected chi connectivity index (χ4v) is 6.20. The van der Waals surface area contributed by atoms with Gasteiger partial charge in [0.15, 0.2) is 5.79 Å². The maximum absolute atomic E-state index is 10.0. The number of rotatable bonds is 7. The Bertz CT molecular complexity index is 1180. The second-order valence-corrected chi connectivity index (χ2v) is 12.7. The van der Waals surface area contributed by atoms with Crippen molar-refractivity contribution in [2.24, 2.45) is 11.3 Å². The molecule has 1 saturated heterocycles. The fraction of sp³-hybridized carbons (Fsp3) is 0.654. The highest BCUT2D eigenvalue weighted by Crippen LogP contribution is 2.44. The smallest absolute Gasteiger partial charge is 0.224 e. The van der Waals surface area contributed by atoms with Gasteiger partial charge in [0.1, 0.15) is 16.9 Å². The lowest BCUT2D eigenvalue weighted by molar-refractivity contribution is -0.158. The summed E-state index contributed by atoms with van der Waals surface area (Å²) in [4.78, 5) is 21.2. The van der Waals surface area contributed by atoms with Crippen LogP contribution in [0.25, 0.3) is 16.6 Å². The van der Waals surface area contributed by atoms with Gasteiger partial charge in [0.05, 0.1) is 47.6 Å². The predicted molar refractivity (Wildman–Crippen MR) is 144 cm³/mol. The molecule has 2 fully saturated rings. The molecule has 202 valence electrons. The van der Waals surface area contributed by atoms with Gasteiger partial charge in [-0.05, 0) is 38.7 Å². The van der Waals surface area contributed by atoms with Crippen LogP contribution in [0, 0.1) is 18.3 Å². The molecule has 0 spiro atoms. The van der Waals surface area contributed by atoms with E-state index in [1.807, 2.05) is 33.0 Å². The number of aliphatic hydroxyl groups is 1. The molecule has 2 aliphatic heterocycles. The van der Waals surface area contributed by atoms with Crippen LogP contribution in [0.3, 0.4) is 0 Å². The molecule has 1 saturated carbocycles. The first-order valence-corrected chi connectivity index (χ1v) is 13.6. The van der Waals surface area contributed by atoms with Crippen molar-refractivity contribution in [2.75, 3.05) is 30.9 Å². The second-order valence-electron chi connectivity index (χ2n) is 11.7. The van der Waals surface area contributed by atoms with E-state index in [0.29, 0.717) is 18.3 Å². The Labute approximate surface area is 222 Å². The van der Waals surface area contributed by atoms with Gasteiger partial charge in [-0.15, -0.1) is 11.3 Å². The highest BCUT2D eigenvalue weighted by Gasteiger charge is 2.54. The van der Waals surface area contributed by atoms with Crippen LogP contribution in [0.4, 0.5) is 11.8 Å². The molecule has 3 N–H and O–H groups in total. The first-order valence-electron chi connectivity index (χ1n) is 12.8. The summed E-state index contributed by atoms with van der Waals surface area (Å²) in [6, 6.07) is -0.0779. The minimum atomic E-state index is -0.694. The number of aryl methyl sites for hydroxylation is 1. The largest absolute Gasteiger partial charge is 0.396 e. The van der Waals surface area contributed by atoms with Crippen LogP contribution in [-0.2, 0) is 20.9 Å². The molecule has 10 nitrogen and oxygen atoms in total. The van der Waals surface area contributed by atoms with Gasteiger partial charge in [-0.25, -0.2) is 9.97 Å². The lowest BCUT2D eigenvalue weighted by Gasteiger charge is -2.25. The molecule has 11 heteroatoms. The molecule has 0 aromatic carbocycles. The molecule has 0 amide bonds. The van der Waals surface area contributed by atoms with Crippen LogP contribution < -0.4 is 10.6 Å². The zero-order valence-electron chi connectivity index (χ0n) is 22.7. The van der Waals surface area contributed by atoms with Gasteiger partial charge >= 0.3 is 0 Å². The van der Waals surface area contributed by atoms with Crippen LogP contribution in [0.15, 0.2) is 6.20 Å². The lowest BCUT2D eigenvalue weighted by Crippen LogP contribution is -2.35. The van der Waals surface area contributed by atoms with Crippen molar-refractivity contribution in [1.29, 1.82) is 0 Å². The molecule has 4 heterocycles. The molecular weight excluding hydrogens is 492 g/mol. The minimum Gasteiger partial charge on any atom is -0.396 e. The Balaban J connectivity index is 1.51. The molecule has 3 aliphatic rings. The van der Waals surface area contributed by atoms with Gasteiger partial charge in [-0.1, -0.05) is 20.8 Å². The third-order valence-electron chi connectivity index (χ3n) is 6.88. The average Bonchev–Trinajstić information content (AvgIpc) is 3.47. The van der Waals surface area contributed by atoms with E-state index in [1.165, 1.54) is 0 Å². The van der Waals surface area contributed by atoms with Crippen molar-refractivity contribution in [3.05, 3.63) is 22.5 Å². The molecule has 0 radical (unpaired) electrons. The lowest BCUT2D eigenvalue weighted by atomic mass is 9.97. The summed E-state index contributed by atoms with van der Waals surface area (Å²) < 4.78 is 12.4. The first-order chi connectivity index (χ1) is 17.5. The van der Waals surface area contributed by atoms with Crippen molar-refractivity contribution in [2.45, 2.75) is 78.5 Å². The Morgan fingerprint density at radius 3 is 2.68 bits per heavy atom. The molecule has 1 aliphatic carbocycles. The summed E-state index contributed by atoms with van der Waals surface area (Å²) >= 11 is 1.62. The number of hydroxylamine groups is 2. The second kappa shape index (κ2) is 9.77. The molecule has 37 heavy (non-hydrogen) atoms. The van der Waals surface area contributed by atoms with E-state index in [0.717, 1.165) is 39.8 Å². The molecular formula is C26H38N6O4S. The zero-order valence-corrected chi connectivity index (χ0v) is 23.5. The number of hydrogen-bond acceptors (Lipinski definition) is 11. The standard InChI is InChI=1S/C26H38N6O4S/c1-14-19(23-30-17-11-32(34-7)9-8-18(17)37-23)22(31-24(28-14)27-13-25(2,3)4)29-16-10-15(12-33)20-21(16)36-26(5,6)35-20/h8-9,15-16,20-21,33H,10-13H2,1-7H3,(H2,27,28,29,31). The molecule has 5 rings (SSSR count). The minimum absolute atomic E-state index is 0.00788. The van der Waals surface area contributed by atoms with Gasteiger partial charge in [-0.2, -0.15) is 4.98 Å². The average molecular weight is 531 g/mol. The SMILES string of the molecule is CON1C=Cc2sc(-c3c(C)nc(NCC(C)(C)C)nc3NC3CC(CO)C4OC(C)(C)OC34)nc2C1. The quantitative estimate of drug-likeness (QED) is 0.485. The van der Waals surface area contributed by atoms with Crippen molar-refractivity contribution in [3.63, 3.8) is 0 Å². The van der Waals surface area contributed by atoms with Crippen molar-refractivity contribution in [1.82, 2.24) is 20.0 Å². The maximum atomic E-state index is 10.0. The molecule has 4 unspecified atom stereocenters. The van der Waals surface area contributed by atoms with Gasteiger partial charge in [0.2, 0.25) is 5.95 Å². The highest BCUT2D eigenvalue weighted by molar-refractivity contribution is 7.16. The summed E-state index contributed by atoms with van der Waals surface area (Å²) in [5.41, 5.74) is 2.75. The van der Waals surface area contributed by atoms with Crippen LogP contribution in [0.2, 0.25) is 0 Å². The third-order valence-corrected chi connectivity index (χ3v) is 7.96. The molecule has 2 aromatic rings. The van der Waals surface area contributed by atoms with E-state index in [4.69, 9.17) is 29.3 Å². The first kappa shape index (κ1) is 26.3. The number of fused-ring (bicyclic) bond motifs is 2.